The SMILES string of the molecule is Cc1ccc2c(c1)C(O)(C1CCNCC1)C(C)(C)C2.O=C(O)/C=C/C(=O)O. The van der Waals surface area contributed by atoms with Gasteiger partial charge in [0, 0.05) is 17.6 Å². The minimum absolute atomic E-state index is 0.0644. The molecule has 0 amide bonds. The first-order valence-corrected chi connectivity index (χ1v) is 9.25. The predicted octanol–water partition coefficient (Wildman–Crippen LogP) is 2.48. The molecular formula is C21H29NO5. The minimum Gasteiger partial charge on any atom is -0.478 e. The molecule has 148 valence electrons. The Labute approximate surface area is 159 Å². The standard InChI is InChI=1S/C17H25NO.C4H4O4/c1-12-4-5-13-11-16(2,3)17(19,15(13)10-12)14-6-8-18-9-7-14;5-3(6)1-2-4(7)8/h4-5,10,14,18-19H,6-9,11H2,1-3H3;1-2H,(H,5,6)(H,7,8)/b;2-1+. The van der Waals surface area contributed by atoms with Crippen LogP contribution in [0.3, 0.4) is 0 Å². The molecule has 1 fully saturated rings. The zero-order valence-electron chi connectivity index (χ0n) is 16.2. The number of benzene rings is 1. The van der Waals surface area contributed by atoms with Crippen LogP contribution in [0, 0.1) is 18.3 Å². The Hall–Kier alpha value is -2.18. The van der Waals surface area contributed by atoms with E-state index in [9.17, 15) is 14.7 Å². The van der Waals surface area contributed by atoms with Gasteiger partial charge < -0.3 is 20.6 Å². The summed E-state index contributed by atoms with van der Waals surface area (Å²) in [5.74, 6) is -2.13. The molecule has 2 aliphatic rings. The summed E-state index contributed by atoms with van der Waals surface area (Å²) < 4.78 is 0. The highest BCUT2D eigenvalue weighted by atomic mass is 16.4. The summed E-state index contributed by atoms with van der Waals surface area (Å²) in [5, 5.41) is 30.6. The van der Waals surface area contributed by atoms with Crippen LogP contribution in [0.2, 0.25) is 0 Å². The van der Waals surface area contributed by atoms with Gasteiger partial charge in [-0.15, -0.1) is 0 Å². The van der Waals surface area contributed by atoms with Crippen molar-refractivity contribution < 1.29 is 24.9 Å². The molecule has 27 heavy (non-hydrogen) atoms. The quantitative estimate of drug-likeness (QED) is 0.605. The number of aliphatic hydroxyl groups is 1. The summed E-state index contributed by atoms with van der Waals surface area (Å²) in [7, 11) is 0. The third-order valence-corrected chi connectivity index (χ3v) is 5.64. The zero-order chi connectivity index (χ0) is 20.2. The summed E-state index contributed by atoms with van der Waals surface area (Å²) in [6.45, 7) is 8.64. The molecular weight excluding hydrogens is 346 g/mol. The molecule has 3 rings (SSSR count). The van der Waals surface area contributed by atoms with Crippen LogP contribution < -0.4 is 5.32 Å². The molecule has 1 aliphatic heterocycles. The van der Waals surface area contributed by atoms with Crippen molar-refractivity contribution in [3.8, 4) is 0 Å². The number of fused-ring (bicyclic) bond motifs is 1. The third kappa shape index (κ3) is 4.57. The van der Waals surface area contributed by atoms with Crippen molar-refractivity contribution in [2.45, 2.75) is 45.6 Å². The predicted molar refractivity (Wildman–Crippen MR) is 103 cm³/mol. The van der Waals surface area contributed by atoms with Crippen LogP contribution in [0.1, 0.15) is 43.4 Å². The van der Waals surface area contributed by atoms with Crippen LogP contribution in [0.4, 0.5) is 0 Å². The fourth-order valence-corrected chi connectivity index (χ4v) is 4.33. The van der Waals surface area contributed by atoms with Crippen LogP contribution in [-0.2, 0) is 21.6 Å². The fraction of sp³-hybridized carbons (Fsp3) is 0.524. The number of carbonyl (C=O) groups is 2. The van der Waals surface area contributed by atoms with Gasteiger partial charge in [-0.1, -0.05) is 37.6 Å². The maximum atomic E-state index is 11.6. The molecule has 0 bridgehead atoms. The minimum atomic E-state index is -1.26. The molecule has 1 atom stereocenters. The van der Waals surface area contributed by atoms with Crippen LogP contribution >= 0.6 is 0 Å². The number of hydrogen-bond acceptors (Lipinski definition) is 4. The largest absolute Gasteiger partial charge is 0.478 e. The molecule has 0 saturated carbocycles. The van der Waals surface area contributed by atoms with Gasteiger partial charge in [-0.25, -0.2) is 9.59 Å². The zero-order valence-corrected chi connectivity index (χ0v) is 16.2. The van der Waals surface area contributed by atoms with Gasteiger partial charge in [0.2, 0.25) is 0 Å². The normalized spacial score (nSPS) is 24.1. The number of carboxylic acid groups (broad SMARTS) is 2. The number of piperidine rings is 1. The number of hydrogen-bond donors (Lipinski definition) is 4. The highest BCUT2D eigenvalue weighted by Gasteiger charge is 2.55. The molecule has 0 spiro atoms. The number of aryl methyl sites for hydroxylation is 1. The molecule has 0 radical (unpaired) electrons. The van der Waals surface area contributed by atoms with E-state index in [1.165, 1.54) is 16.7 Å². The third-order valence-electron chi connectivity index (χ3n) is 5.64. The first-order valence-electron chi connectivity index (χ1n) is 9.25. The number of aliphatic carboxylic acids is 2. The second kappa shape index (κ2) is 8.23. The van der Waals surface area contributed by atoms with E-state index in [1.54, 1.807) is 0 Å². The van der Waals surface area contributed by atoms with E-state index in [2.05, 4.69) is 44.3 Å². The highest BCUT2D eigenvalue weighted by Crippen LogP contribution is 2.55. The second-order valence-corrected chi connectivity index (χ2v) is 8.02. The highest BCUT2D eigenvalue weighted by molar-refractivity contribution is 5.89. The van der Waals surface area contributed by atoms with E-state index >= 15 is 0 Å². The molecule has 1 saturated heterocycles. The van der Waals surface area contributed by atoms with Gasteiger partial charge in [-0.05, 0) is 56.3 Å². The lowest BCUT2D eigenvalue weighted by Crippen LogP contribution is -2.48. The van der Waals surface area contributed by atoms with Crippen LogP contribution in [0.15, 0.2) is 30.4 Å². The maximum Gasteiger partial charge on any atom is 0.328 e. The molecule has 1 aromatic rings. The Morgan fingerprint density at radius 1 is 1.11 bits per heavy atom. The lowest BCUT2D eigenvalue weighted by Gasteiger charge is -2.45. The summed E-state index contributed by atoms with van der Waals surface area (Å²) >= 11 is 0. The van der Waals surface area contributed by atoms with E-state index < -0.39 is 17.5 Å². The average Bonchev–Trinajstić information content (AvgIpc) is 2.81. The van der Waals surface area contributed by atoms with Crippen molar-refractivity contribution in [1.82, 2.24) is 5.32 Å². The van der Waals surface area contributed by atoms with Gasteiger partial charge in [0.25, 0.3) is 0 Å². The maximum absolute atomic E-state index is 11.6. The summed E-state index contributed by atoms with van der Waals surface area (Å²) in [5.41, 5.74) is 3.08. The number of rotatable bonds is 3. The first-order chi connectivity index (χ1) is 12.6. The van der Waals surface area contributed by atoms with Crippen molar-refractivity contribution in [2.75, 3.05) is 13.1 Å². The van der Waals surface area contributed by atoms with E-state index in [0.717, 1.165) is 32.4 Å². The fourth-order valence-electron chi connectivity index (χ4n) is 4.33. The summed E-state index contributed by atoms with van der Waals surface area (Å²) in [4.78, 5) is 19.1. The molecule has 1 aliphatic carbocycles. The Bertz CT molecular complexity index is 718. The van der Waals surface area contributed by atoms with Crippen LogP contribution in [0.5, 0.6) is 0 Å². The van der Waals surface area contributed by atoms with E-state index in [4.69, 9.17) is 10.2 Å². The molecule has 1 heterocycles. The lowest BCUT2D eigenvalue weighted by atomic mass is 9.65. The summed E-state index contributed by atoms with van der Waals surface area (Å²) in [6, 6.07) is 6.60. The number of carboxylic acids is 2. The Kier molecular flexibility index (Phi) is 6.44. The average molecular weight is 375 g/mol. The lowest BCUT2D eigenvalue weighted by molar-refractivity contribution is -0.134. The van der Waals surface area contributed by atoms with Crippen molar-refractivity contribution in [1.29, 1.82) is 0 Å². The van der Waals surface area contributed by atoms with E-state index in [1.807, 2.05) is 0 Å². The Morgan fingerprint density at radius 2 is 1.67 bits per heavy atom. The monoisotopic (exact) mass is 375 g/mol. The van der Waals surface area contributed by atoms with Crippen molar-refractivity contribution in [2.24, 2.45) is 11.3 Å². The van der Waals surface area contributed by atoms with Gasteiger partial charge >= 0.3 is 11.9 Å². The van der Waals surface area contributed by atoms with Gasteiger partial charge in [0.1, 0.15) is 0 Å². The molecule has 6 nitrogen and oxygen atoms in total. The van der Waals surface area contributed by atoms with E-state index in [-0.39, 0.29) is 5.41 Å². The van der Waals surface area contributed by atoms with Crippen LogP contribution in [-0.4, -0.2) is 40.3 Å². The molecule has 0 aromatic heterocycles. The van der Waals surface area contributed by atoms with Crippen molar-refractivity contribution in [3.63, 3.8) is 0 Å². The summed E-state index contributed by atoms with van der Waals surface area (Å²) in [6.07, 6.45) is 4.26. The van der Waals surface area contributed by atoms with Gasteiger partial charge in [-0.3, -0.25) is 0 Å². The molecule has 4 N–H and O–H groups in total. The Morgan fingerprint density at radius 3 is 2.19 bits per heavy atom. The van der Waals surface area contributed by atoms with Gasteiger partial charge in [-0.2, -0.15) is 0 Å². The number of nitrogens with one attached hydrogen (secondary N) is 1. The topological polar surface area (TPSA) is 107 Å². The van der Waals surface area contributed by atoms with Gasteiger partial charge in [0.05, 0.1) is 5.60 Å². The van der Waals surface area contributed by atoms with Gasteiger partial charge in [0.15, 0.2) is 0 Å². The first kappa shape index (κ1) is 21.1. The molecule has 1 aromatic carbocycles. The molecule has 1 unspecified atom stereocenters. The van der Waals surface area contributed by atoms with Crippen molar-refractivity contribution >= 4 is 11.9 Å². The van der Waals surface area contributed by atoms with Crippen LogP contribution in [0.25, 0.3) is 0 Å². The van der Waals surface area contributed by atoms with E-state index in [0.29, 0.717) is 18.1 Å². The van der Waals surface area contributed by atoms with Crippen molar-refractivity contribution in [3.05, 3.63) is 47.0 Å². The smallest absolute Gasteiger partial charge is 0.328 e. The second-order valence-electron chi connectivity index (χ2n) is 8.02. The Balaban J connectivity index is 0.000000279. The molecule has 6 heteroatoms.